The van der Waals surface area contributed by atoms with Crippen molar-refractivity contribution in [1.29, 1.82) is 0 Å². The molecule has 5 heteroatoms. The van der Waals surface area contributed by atoms with Gasteiger partial charge in [0.15, 0.2) is 5.78 Å². The second kappa shape index (κ2) is 7.34. The molecule has 0 bridgehead atoms. The van der Waals surface area contributed by atoms with E-state index >= 15 is 0 Å². The monoisotopic (exact) mass is 329 g/mol. The maximum absolute atomic E-state index is 12.7. The van der Waals surface area contributed by atoms with E-state index in [4.69, 9.17) is 0 Å². The van der Waals surface area contributed by atoms with Crippen LogP contribution in [0.3, 0.4) is 0 Å². The Labute approximate surface area is 141 Å². The van der Waals surface area contributed by atoms with Gasteiger partial charge in [0.05, 0.1) is 0 Å². The van der Waals surface area contributed by atoms with Crippen molar-refractivity contribution in [2.24, 2.45) is 11.8 Å². The lowest BCUT2D eigenvalue weighted by molar-refractivity contribution is 0.0909. The summed E-state index contributed by atoms with van der Waals surface area (Å²) in [5, 5.41) is 19.9. The van der Waals surface area contributed by atoms with Crippen LogP contribution in [0.2, 0.25) is 0 Å². The molecule has 2 aromatic rings. The molecule has 0 saturated carbocycles. The molecule has 2 atom stereocenters. The second-order valence-corrected chi connectivity index (χ2v) is 6.32. The SMILES string of the molecule is CCC(C)CC(C)C(=O)c1c(O)c(-c2ccc(O)cc2)c[nH]c1=O. The molecule has 1 aromatic carbocycles. The first-order valence-electron chi connectivity index (χ1n) is 8.13. The third kappa shape index (κ3) is 3.67. The van der Waals surface area contributed by atoms with E-state index in [0.29, 0.717) is 23.5 Å². The van der Waals surface area contributed by atoms with E-state index < -0.39 is 5.56 Å². The summed E-state index contributed by atoms with van der Waals surface area (Å²) in [7, 11) is 0. The molecule has 3 N–H and O–H groups in total. The first-order valence-corrected chi connectivity index (χ1v) is 8.13. The molecular weight excluding hydrogens is 306 g/mol. The maximum atomic E-state index is 12.7. The van der Waals surface area contributed by atoms with Crippen molar-refractivity contribution >= 4 is 5.78 Å². The summed E-state index contributed by atoms with van der Waals surface area (Å²) in [5.41, 5.74) is 0.172. The van der Waals surface area contributed by atoms with Crippen LogP contribution in [-0.2, 0) is 0 Å². The van der Waals surface area contributed by atoms with Gasteiger partial charge in [-0.25, -0.2) is 0 Å². The highest BCUT2D eigenvalue weighted by Gasteiger charge is 2.25. The molecule has 2 rings (SSSR count). The van der Waals surface area contributed by atoms with Gasteiger partial charge in [-0.1, -0.05) is 39.3 Å². The zero-order valence-electron chi connectivity index (χ0n) is 14.2. The van der Waals surface area contributed by atoms with Gasteiger partial charge in [0.2, 0.25) is 0 Å². The number of aromatic amines is 1. The van der Waals surface area contributed by atoms with Crippen LogP contribution in [-0.4, -0.2) is 21.0 Å². The van der Waals surface area contributed by atoms with Crippen molar-refractivity contribution in [3.8, 4) is 22.6 Å². The number of nitrogens with one attached hydrogen (secondary N) is 1. The number of ketones is 1. The quantitative estimate of drug-likeness (QED) is 0.705. The number of Topliss-reactive ketones (excluding diaryl/α,β-unsaturated/α-hetero) is 1. The highest BCUT2D eigenvalue weighted by Crippen LogP contribution is 2.32. The third-order valence-electron chi connectivity index (χ3n) is 4.39. The molecule has 2 unspecified atom stereocenters. The summed E-state index contributed by atoms with van der Waals surface area (Å²) in [6.45, 7) is 5.89. The summed E-state index contributed by atoms with van der Waals surface area (Å²) < 4.78 is 0. The molecule has 0 aliphatic carbocycles. The lowest BCUT2D eigenvalue weighted by Crippen LogP contribution is -2.23. The van der Waals surface area contributed by atoms with Crippen LogP contribution in [0.5, 0.6) is 11.5 Å². The Kier molecular flexibility index (Phi) is 5.44. The maximum Gasteiger partial charge on any atom is 0.262 e. The fraction of sp³-hybridized carbons (Fsp3) is 0.368. The molecule has 0 spiro atoms. The van der Waals surface area contributed by atoms with E-state index in [1.54, 1.807) is 19.1 Å². The van der Waals surface area contributed by atoms with Crippen LogP contribution >= 0.6 is 0 Å². The minimum absolute atomic E-state index is 0.0983. The molecule has 1 aromatic heterocycles. The molecule has 5 nitrogen and oxygen atoms in total. The number of hydrogen-bond donors (Lipinski definition) is 3. The van der Waals surface area contributed by atoms with Crippen LogP contribution < -0.4 is 5.56 Å². The standard InChI is InChI=1S/C19H23NO4/c1-4-11(2)9-12(3)17(22)16-18(23)15(10-20-19(16)24)13-5-7-14(21)8-6-13/h5-8,10-12,21H,4,9H2,1-3H3,(H2,20,23,24). The molecule has 1 heterocycles. The van der Waals surface area contributed by atoms with Crippen molar-refractivity contribution < 1.29 is 15.0 Å². The van der Waals surface area contributed by atoms with Gasteiger partial charge in [-0.15, -0.1) is 0 Å². The van der Waals surface area contributed by atoms with E-state index in [9.17, 15) is 19.8 Å². The fourth-order valence-corrected chi connectivity index (χ4v) is 2.73. The number of benzene rings is 1. The number of carbonyl (C=O) groups is 1. The van der Waals surface area contributed by atoms with Gasteiger partial charge < -0.3 is 15.2 Å². The van der Waals surface area contributed by atoms with Crippen molar-refractivity contribution in [3.63, 3.8) is 0 Å². The smallest absolute Gasteiger partial charge is 0.262 e. The van der Waals surface area contributed by atoms with Gasteiger partial charge in [0.25, 0.3) is 5.56 Å². The number of H-pyrrole nitrogens is 1. The lowest BCUT2D eigenvalue weighted by Gasteiger charge is -2.16. The van der Waals surface area contributed by atoms with Crippen LogP contribution in [0.15, 0.2) is 35.3 Å². The molecule has 0 saturated heterocycles. The largest absolute Gasteiger partial charge is 0.508 e. The second-order valence-electron chi connectivity index (χ2n) is 6.32. The van der Waals surface area contributed by atoms with E-state index in [0.717, 1.165) is 6.42 Å². The van der Waals surface area contributed by atoms with Gasteiger partial charge in [0, 0.05) is 17.7 Å². The Morgan fingerprint density at radius 1 is 1.17 bits per heavy atom. The third-order valence-corrected chi connectivity index (χ3v) is 4.39. The van der Waals surface area contributed by atoms with Crippen LogP contribution in [0.4, 0.5) is 0 Å². The summed E-state index contributed by atoms with van der Waals surface area (Å²) in [6.07, 6.45) is 2.99. The molecule has 24 heavy (non-hydrogen) atoms. The predicted molar refractivity (Wildman–Crippen MR) is 93.4 cm³/mol. The first-order chi connectivity index (χ1) is 11.3. The number of pyridine rings is 1. The van der Waals surface area contributed by atoms with Crippen molar-refractivity contribution in [1.82, 2.24) is 4.98 Å². The molecule has 0 amide bonds. The van der Waals surface area contributed by atoms with Gasteiger partial charge in [-0.05, 0) is 30.0 Å². The van der Waals surface area contributed by atoms with E-state index in [1.807, 2.05) is 0 Å². The zero-order chi connectivity index (χ0) is 17.9. The summed E-state index contributed by atoms with van der Waals surface area (Å²) >= 11 is 0. The Bertz CT molecular complexity index is 777. The summed E-state index contributed by atoms with van der Waals surface area (Å²) in [6, 6.07) is 6.18. The first kappa shape index (κ1) is 17.8. The van der Waals surface area contributed by atoms with Crippen LogP contribution in [0.1, 0.15) is 44.0 Å². The Morgan fingerprint density at radius 3 is 2.38 bits per heavy atom. The average molecular weight is 329 g/mol. The predicted octanol–water partition coefficient (Wildman–Crippen LogP) is 3.71. The van der Waals surface area contributed by atoms with E-state index in [2.05, 4.69) is 18.8 Å². The number of aromatic nitrogens is 1. The highest BCUT2D eigenvalue weighted by atomic mass is 16.3. The van der Waals surface area contributed by atoms with Gasteiger partial charge in [-0.3, -0.25) is 9.59 Å². The summed E-state index contributed by atoms with van der Waals surface area (Å²) in [4.78, 5) is 27.3. The Morgan fingerprint density at radius 2 is 1.79 bits per heavy atom. The molecular formula is C19H23NO4. The number of phenolic OH excluding ortho intramolecular Hbond substituents is 1. The van der Waals surface area contributed by atoms with E-state index in [-0.39, 0.29) is 28.8 Å². The Hall–Kier alpha value is -2.56. The number of carbonyl (C=O) groups excluding carboxylic acids is 1. The fourth-order valence-electron chi connectivity index (χ4n) is 2.73. The minimum atomic E-state index is -0.587. The number of aromatic hydroxyl groups is 2. The highest BCUT2D eigenvalue weighted by molar-refractivity contribution is 6.01. The minimum Gasteiger partial charge on any atom is -0.508 e. The molecule has 0 radical (unpaired) electrons. The average Bonchev–Trinajstić information content (AvgIpc) is 2.55. The van der Waals surface area contributed by atoms with E-state index in [1.165, 1.54) is 18.3 Å². The topological polar surface area (TPSA) is 90.4 Å². The molecule has 0 fully saturated rings. The van der Waals surface area contributed by atoms with Crippen LogP contribution in [0.25, 0.3) is 11.1 Å². The van der Waals surface area contributed by atoms with Crippen molar-refractivity contribution in [3.05, 3.63) is 46.4 Å². The summed E-state index contributed by atoms with van der Waals surface area (Å²) in [5.74, 6) is -0.547. The molecule has 0 aliphatic rings. The van der Waals surface area contributed by atoms with Crippen molar-refractivity contribution in [2.75, 3.05) is 0 Å². The van der Waals surface area contributed by atoms with Gasteiger partial charge in [-0.2, -0.15) is 0 Å². The normalized spacial score (nSPS) is 13.5. The van der Waals surface area contributed by atoms with Gasteiger partial charge >= 0.3 is 0 Å². The zero-order valence-corrected chi connectivity index (χ0v) is 14.2. The molecule has 0 aliphatic heterocycles. The molecule has 128 valence electrons. The van der Waals surface area contributed by atoms with Gasteiger partial charge in [0.1, 0.15) is 17.1 Å². The van der Waals surface area contributed by atoms with Crippen LogP contribution in [0, 0.1) is 11.8 Å². The number of phenols is 1. The number of rotatable bonds is 6. The number of hydrogen-bond acceptors (Lipinski definition) is 4. The van der Waals surface area contributed by atoms with Crippen molar-refractivity contribution in [2.45, 2.75) is 33.6 Å². The lowest BCUT2D eigenvalue weighted by atomic mass is 9.88. The Balaban J connectivity index is 2.44.